The van der Waals surface area contributed by atoms with Crippen LogP contribution < -0.4 is 40.0 Å². The van der Waals surface area contributed by atoms with Gasteiger partial charge in [-0.3, -0.25) is 0 Å². The van der Waals surface area contributed by atoms with Gasteiger partial charge in [0.05, 0.1) is 24.2 Å². The number of allylic oxidation sites excluding steroid dienone is 1. The first-order chi connectivity index (χ1) is 9.09. The van der Waals surface area contributed by atoms with E-state index in [1.165, 1.54) is 0 Å². The fraction of sp³-hybridized carbons (Fsp3) is 0.286. The number of hydrogen-bond acceptors (Lipinski definition) is 5. The van der Waals surface area contributed by atoms with E-state index in [0.717, 1.165) is 0 Å². The van der Waals surface area contributed by atoms with Gasteiger partial charge in [-0.2, -0.15) is 0 Å². The van der Waals surface area contributed by atoms with E-state index in [1.54, 1.807) is 37.3 Å². The molecule has 100 valence electrons. The quantitative estimate of drug-likeness (QED) is 0.369. The molecule has 1 aromatic carbocycles. The second-order valence-electron chi connectivity index (χ2n) is 4.30. The summed E-state index contributed by atoms with van der Waals surface area (Å²) in [5, 5.41) is 14.0. The molecule has 0 saturated carbocycles. The zero-order valence-electron chi connectivity index (χ0n) is 11.5. The molecule has 20 heavy (non-hydrogen) atoms. The summed E-state index contributed by atoms with van der Waals surface area (Å²) >= 11 is 0. The van der Waals surface area contributed by atoms with Gasteiger partial charge in [-0.15, -0.1) is 0 Å². The third-order valence-corrected chi connectivity index (χ3v) is 3.01. The van der Waals surface area contributed by atoms with Gasteiger partial charge in [0.2, 0.25) is 0 Å². The number of carbonyl (C=O) groups excluding carboxylic acids is 2. The van der Waals surface area contributed by atoms with Crippen molar-refractivity contribution in [3.63, 3.8) is 0 Å². The van der Waals surface area contributed by atoms with Crippen LogP contribution in [0.4, 0.5) is 0 Å². The van der Waals surface area contributed by atoms with Crippen molar-refractivity contribution in [3.8, 4) is 0 Å². The van der Waals surface area contributed by atoms with Crippen LogP contribution in [0, 0.1) is 0 Å². The Hall–Kier alpha value is -1.30. The van der Waals surface area contributed by atoms with Gasteiger partial charge in [0.15, 0.2) is 0 Å². The fourth-order valence-corrected chi connectivity index (χ4v) is 2.00. The normalized spacial score (nSPS) is 17.8. The average Bonchev–Trinajstić information content (AvgIpc) is 2.82. The number of benzene rings is 1. The molecular formula is C14H14NNaO4. The van der Waals surface area contributed by atoms with Crippen molar-refractivity contribution < 1.29 is 49.0 Å². The summed E-state index contributed by atoms with van der Waals surface area (Å²) in [6, 6.07) is 7.70. The van der Waals surface area contributed by atoms with Crippen LogP contribution in [0.15, 0.2) is 41.6 Å². The molecule has 1 unspecified atom stereocenters. The first kappa shape index (κ1) is 16.8. The van der Waals surface area contributed by atoms with Crippen LogP contribution in [0.5, 0.6) is 0 Å². The molecule has 1 aliphatic heterocycles. The second-order valence-corrected chi connectivity index (χ2v) is 4.30. The summed E-state index contributed by atoms with van der Waals surface area (Å²) in [4.78, 5) is 22.6. The summed E-state index contributed by atoms with van der Waals surface area (Å²) in [6.45, 7) is 2.01. The van der Waals surface area contributed by atoms with Gasteiger partial charge in [0.25, 0.3) is 0 Å². The van der Waals surface area contributed by atoms with Gasteiger partial charge in [0, 0.05) is 12.1 Å². The number of esters is 1. The average molecular weight is 283 g/mol. The van der Waals surface area contributed by atoms with Gasteiger partial charge in [-0.05, 0) is 12.5 Å². The second kappa shape index (κ2) is 7.47. The van der Waals surface area contributed by atoms with E-state index in [-0.39, 0.29) is 29.6 Å². The molecule has 0 aliphatic carbocycles. The number of hydrogen-bond donors (Lipinski definition) is 1. The Morgan fingerprint density at radius 1 is 1.35 bits per heavy atom. The van der Waals surface area contributed by atoms with Crippen molar-refractivity contribution in [1.29, 1.82) is 0 Å². The number of carboxylic acids is 1. The predicted octanol–water partition coefficient (Wildman–Crippen LogP) is -2.71. The Bertz CT molecular complexity index is 527. The Labute approximate surface area is 139 Å². The van der Waals surface area contributed by atoms with E-state index in [1.807, 2.05) is 0 Å². The van der Waals surface area contributed by atoms with Gasteiger partial charge < -0.3 is 20.0 Å². The Morgan fingerprint density at radius 3 is 2.50 bits per heavy atom. The van der Waals surface area contributed by atoms with Crippen molar-refractivity contribution in [1.82, 2.24) is 5.32 Å². The number of carboxylic acid groups (broad SMARTS) is 1. The molecule has 0 radical (unpaired) electrons. The maximum Gasteiger partial charge on any atom is 1.00 e. The molecule has 1 saturated heterocycles. The van der Waals surface area contributed by atoms with Crippen LogP contribution >= 0.6 is 0 Å². The largest absolute Gasteiger partial charge is 1.00 e. The van der Waals surface area contributed by atoms with E-state index in [0.29, 0.717) is 29.9 Å². The van der Waals surface area contributed by atoms with Crippen molar-refractivity contribution in [2.75, 3.05) is 6.61 Å². The molecule has 1 atom stereocenters. The number of cyclic esters (lactones) is 1. The summed E-state index contributed by atoms with van der Waals surface area (Å²) in [5.74, 6) is -1.63. The van der Waals surface area contributed by atoms with E-state index in [2.05, 4.69) is 5.32 Å². The molecule has 6 heteroatoms. The molecule has 2 rings (SSSR count). The van der Waals surface area contributed by atoms with E-state index in [9.17, 15) is 14.7 Å². The van der Waals surface area contributed by atoms with E-state index >= 15 is 0 Å². The van der Waals surface area contributed by atoms with Crippen molar-refractivity contribution in [2.24, 2.45) is 0 Å². The summed E-state index contributed by atoms with van der Waals surface area (Å²) < 4.78 is 4.83. The van der Waals surface area contributed by atoms with Crippen LogP contribution in [-0.4, -0.2) is 18.5 Å². The Kier molecular flexibility index (Phi) is 6.26. The molecule has 1 heterocycles. The first-order valence-corrected chi connectivity index (χ1v) is 5.99. The monoisotopic (exact) mass is 283 g/mol. The molecule has 0 spiro atoms. The molecule has 1 N–H and O–H groups in total. The number of ether oxygens (including phenoxy) is 1. The van der Waals surface area contributed by atoms with E-state index < -0.39 is 18.0 Å². The standard InChI is InChI=1S/C14H15NO4.Na/c1-9(11-7-8-19-14(11)18)15-12(13(16)17)10-5-3-2-4-6-10;/h2-6,12,15H,7-8H2,1H3,(H,16,17);/q;+1/p-1. The van der Waals surface area contributed by atoms with Crippen LogP contribution in [0.3, 0.4) is 0 Å². The summed E-state index contributed by atoms with van der Waals surface area (Å²) in [6.07, 6.45) is 0.492. The Balaban J connectivity index is 0.00000200. The first-order valence-electron chi connectivity index (χ1n) is 5.99. The topological polar surface area (TPSA) is 78.5 Å². The minimum atomic E-state index is -1.24. The minimum absolute atomic E-state index is 0. The van der Waals surface area contributed by atoms with Crippen LogP contribution in [-0.2, 0) is 14.3 Å². The molecule has 1 aromatic rings. The van der Waals surface area contributed by atoms with Gasteiger partial charge in [0.1, 0.15) is 0 Å². The SMILES string of the molecule is CC(NC(C(=O)[O-])c1ccccc1)=C1CCOC1=O.[Na+]. The smallest absolute Gasteiger partial charge is 0.548 e. The van der Waals surface area contributed by atoms with Crippen LogP contribution in [0.2, 0.25) is 0 Å². The van der Waals surface area contributed by atoms with Gasteiger partial charge in [-0.25, -0.2) is 4.79 Å². The van der Waals surface area contributed by atoms with Crippen LogP contribution in [0.25, 0.3) is 0 Å². The fourth-order valence-electron chi connectivity index (χ4n) is 2.00. The number of aliphatic carboxylic acids is 1. The molecule has 0 aromatic heterocycles. The zero-order chi connectivity index (χ0) is 13.8. The number of carbonyl (C=O) groups is 2. The zero-order valence-corrected chi connectivity index (χ0v) is 13.5. The minimum Gasteiger partial charge on any atom is -0.548 e. The third-order valence-electron chi connectivity index (χ3n) is 3.01. The van der Waals surface area contributed by atoms with E-state index in [4.69, 9.17) is 4.74 Å². The molecule has 1 fully saturated rings. The van der Waals surface area contributed by atoms with Gasteiger partial charge in [-0.1, -0.05) is 30.3 Å². The van der Waals surface area contributed by atoms with Gasteiger partial charge >= 0.3 is 35.5 Å². The molecule has 5 nitrogen and oxygen atoms in total. The maximum atomic E-state index is 11.4. The summed E-state index contributed by atoms with van der Waals surface area (Å²) in [7, 11) is 0. The predicted molar refractivity (Wildman–Crippen MR) is 65.6 cm³/mol. The van der Waals surface area contributed by atoms with Crippen molar-refractivity contribution in [3.05, 3.63) is 47.2 Å². The van der Waals surface area contributed by atoms with Crippen molar-refractivity contribution in [2.45, 2.75) is 19.4 Å². The molecular weight excluding hydrogens is 269 g/mol. The number of nitrogens with one attached hydrogen (secondary N) is 1. The molecule has 0 bridgehead atoms. The maximum absolute atomic E-state index is 11.4. The van der Waals surface area contributed by atoms with Crippen LogP contribution in [0.1, 0.15) is 24.9 Å². The molecule has 0 amide bonds. The summed E-state index contributed by atoms with van der Waals surface area (Å²) in [5.41, 5.74) is 1.58. The Morgan fingerprint density at radius 2 is 2.00 bits per heavy atom. The molecule has 1 aliphatic rings. The number of rotatable bonds is 4. The van der Waals surface area contributed by atoms with Crippen molar-refractivity contribution >= 4 is 11.9 Å². The third kappa shape index (κ3) is 3.85.